The SMILES string of the molecule is CCSCCNC(=O)c1ccc2nc(C)cn2c1. The molecular formula is C13H17N3OS. The summed E-state index contributed by atoms with van der Waals surface area (Å²) < 4.78 is 1.88. The lowest BCUT2D eigenvalue weighted by Gasteiger charge is -2.05. The summed E-state index contributed by atoms with van der Waals surface area (Å²) >= 11 is 1.82. The van der Waals surface area contributed by atoms with E-state index in [1.807, 2.05) is 47.6 Å². The molecule has 2 aromatic heterocycles. The van der Waals surface area contributed by atoms with Crippen LogP contribution in [0.1, 0.15) is 23.0 Å². The van der Waals surface area contributed by atoms with Gasteiger partial charge in [-0.2, -0.15) is 11.8 Å². The fourth-order valence-corrected chi connectivity index (χ4v) is 2.27. The molecule has 0 spiro atoms. The summed E-state index contributed by atoms with van der Waals surface area (Å²) in [7, 11) is 0. The first-order valence-corrected chi connectivity index (χ1v) is 7.17. The van der Waals surface area contributed by atoms with Crippen LogP contribution < -0.4 is 5.32 Å². The predicted molar refractivity (Wildman–Crippen MR) is 75.3 cm³/mol. The number of nitrogens with zero attached hydrogens (tertiary/aromatic N) is 2. The Kier molecular flexibility index (Phi) is 4.25. The average molecular weight is 263 g/mol. The van der Waals surface area contributed by atoms with Gasteiger partial charge in [-0.05, 0) is 24.8 Å². The number of thioether (sulfide) groups is 1. The predicted octanol–water partition coefficient (Wildman–Crippen LogP) is 2.13. The normalized spacial score (nSPS) is 10.8. The van der Waals surface area contributed by atoms with Gasteiger partial charge in [0.25, 0.3) is 5.91 Å². The summed E-state index contributed by atoms with van der Waals surface area (Å²) in [6, 6.07) is 3.67. The number of rotatable bonds is 5. The Balaban J connectivity index is 2.03. The third-order valence-electron chi connectivity index (χ3n) is 2.57. The first-order chi connectivity index (χ1) is 8.70. The summed E-state index contributed by atoms with van der Waals surface area (Å²) in [5.41, 5.74) is 2.49. The Morgan fingerprint density at radius 3 is 3.06 bits per heavy atom. The number of hydrogen-bond donors (Lipinski definition) is 1. The molecule has 0 saturated carbocycles. The maximum absolute atomic E-state index is 11.9. The second-order valence-corrected chi connectivity index (χ2v) is 5.41. The Hall–Kier alpha value is -1.49. The topological polar surface area (TPSA) is 46.4 Å². The largest absolute Gasteiger partial charge is 0.351 e. The van der Waals surface area contributed by atoms with Crippen molar-refractivity contribution in [1.29, 1.82) is 0 Å². The smallest absolute Gasteiger partial charge is 0.252 e. The van der Waals surface area contributed by atoms with Gasteiger partial charge in [0.05, 0.1) is 11.3 Å². The van der Waals surface area contributed by atoms with Crippen molar-refractivity contribution >= 4 is 23.3 Å². The number of carbonyl (C=O) groups excluding carboxylic acids is 1. The second-order valence-electron chi connectivity index (χ2n) is 4.02. The standard InChI is InChI=1S/C13H17N3OS/c1-3-18-7-6-14-13(17)11-4-5-12-15-10(2)8-16(12)9-11/h4-5,8-9H,3,6-7H2,1-2H3,(H,14,17). The summed E-state index contributed by atoms with van der Waals surface area (Å²) in [5.74, 6) is 2.00. The zero-order valence-electron chi connectivity index (χ0n) is 10.6. The van der Waals surface area contributed by atoms with Crippen LogP contribution >= 0.6 is 11.8 Å². The highest BCUT2D eigenvalue weighted by Crippen LogP contribution is 2.07. The van der Waals surface area contributed by atoms with Crippen LogP contribution in [-0.4, -0.2) is 33.3 Å². The molecular weight excluding hydrogens is 246 g/mol. The first-order valence-electron chi connectivity index (χ1n) is 6.02. The third kappa shape index (κ3) is 3.04. The number of amides is 1. The lowest BCUT2D eigenvalue weighted by molar-refractivity contribution is 0.0955. The van der Waals surface area contributed by atoms with Crippen LogP contribution in [0.2, 0.25) is 0 Å². The van der Waals surface area contributed by atoms with Gasteiger partial charge in [0.15, 0.2) is 0 Å². The summed E-state index contributed by atoms with van der Waals surface area (Å²) in [6.45, 7) is 4.76. The molecule has 18 heavy (non-hydrogen) atoms. The van der Waals surface area contributed by atoms with Crippen LogP contribution in [0.3, 0.4) is 0 Å². The van der Waals surface area contributed by atoms with Gasteiger partial charge in [-0.25, -0.2) is 4.98 Å². The van der Waals surface area contributed by atoms with Crippen molar-refractivity contribution in [2.45, 2.75) is 13.8 Å². The van der Waals surface area contributed by atoms with Crippen LogP contribution in [0, 0.1) is 6.92 Å². The van der Waals surface area contributed by atoms with Gasteiger partial charge in [0.1, 0.15) is 5.65 Å². The molecule has 0 aliphatic rings. The molecule has 0 aromatic carbocycles. The molecule has 0 atom stereocenters. The quantitative estimate of drug-likeness (QED) is 0.841. The van der Waals surface area contributed by atoms with Crippen LogP contribution in [-0.2, 0) is 0 Å². The average Bonchev–Trinajstić information content (AvgIpc) is 2.73. The number of carbonyl (C=O) groups is 1. The van der Waals surface area contributed by atoms with Gasteiger partial charge in [-0.15, -0.1) is 0 Å². The van der Waals surface area contributed by atoms with Gasteiger partial charge in [0.2, 0.25) is 0 Å². The lowest BCUT2D eigenvalue weighted by atomic mass is 10.2. The Bertz CT molecular complexity index is 550. The van der Waals surface area contributed by atoms with E-state index in [0.717, 1.165) is 22.8 Å². The molecule has 4 nitrogen and oxygen atoms in total. The van der Waals surface area contributed by atoms with Crippen LogP contribution in [0.4, 0.5) is 0 Å². The zero-order chi connectivity index (χ0) is 13.0. The van der Waals surface area contributed by atoms with E-state index in [1.165, 1.54) is 0 Å². The minimum Gasteiger partial charge on any atom is -0.351 e. The highest BCUT2D eigenvalue weighted by Gasteiger charge is 2.06. The molecule has 0 radical (unpaired) electrons. The number of imidazole rings is 1. The summed E-state index contributed by atoms with van der Waals surface area (Å²) in [4.78, 5) is 16.2. The van der Waals surface area contributed by atoms with E-state index < -0.39 is 0 Å². The van der Waals surface area contributed by atoms with Gasteiger partial charge in [-0.1, -0.05) is 6.92 Å². The van der Waals surface area contributed by atoms with Crippen molar-refractivity contribution in [3.05, 3.63) is 35.8 Å². The Labute approximate surface area is 111 Å². The molecule has 0 fully saturated rings. The molecule has 1 amide bonds. The van der Waals surface area contributed by atoms with Crippen LogP contribution in [0.25, 0.3) is 5.65 Å². The van der Waals surface area contributed by atoms with E-state index in [1.54, 1.807) is 0 Å². The van der Waals surface area contributed by atoms with E-state index in [2.05, 4.69) is 17.2 Å². The first kappa shape index (κ1) is 13.0. The third-order valence-corrected chi connectivity index (χ3v) is 3.47. The van der Waals surface area contributed by atoms with Crippen molar-refractivity contribution in [2.75, 3.05) is 18.1 Å². The van der Waals surface area contributed by atoms with Crippen molar-refractivity contribution in [3.63, 3.8) is 0 Å². The maximum Gasteiger partial charge on any atom is 0.252 e. The number of hydrogen-bond acceptors (Lipinski definition) is 3. The van der Waals surface area contributed by atoms with E-state index in [4.69, 9.17) is 0 Å². The fraction of sp³-hybridized carbons (Fsp3) is 0.385. The number of nitrogens with one attached hydrogen (secondary N) is 1. The number of aryl methyl sites for hydroxylation is 1. The lowest BCUT2D eigenvalue weighted by Crippen LogP contribution is -2.26. The van der Waals surface area contributed by atoms with Crippen molar-refractivity contribution < 1.29 is 4.79 Å². The molecule has 2 rings (SSSR count). The van der Waals surface area contributed by atoms with Crippen molar-refractivity contribution in [1.82, 2.24) is 14.7 Å². The van der Waals surface area contributed by atoms with Crippen LogP contribution in [0.5, 0.6) is 0 Å². The van der Waals surface area contributed by atoms with Gasteiger partial charge in [0, 0.05) is 24.7 Å². The van der Waals surface area contributed by atoms with E-state index in [0.29, 0.717) is 12.1 Å². The number of pyridine rings is 1. The van der Waals surface area contributed by atoms with E-state index in [-0.39, 0.29) is 5.91 Å². The van der Waals surface area contributed by atoms with Crippen molar-refractivity contribution in [3.8, 4) is 0 Å². The Morgan fingerprint density at radius 1 is 1.44 bits per heavy atom. The van der Waals surface area contributed by atoms with Gasteiger partial charge < -0.3 is 9.72 Å². The maximum atomic E-state index is 11.9. The monoisotopic (exact) mass is 263 g/mol. The molecule has 96 valence electrons. The molecule has 0 aliphatic heterocycles. The van der Waals surface area contributed by atoms with Gasteiger partial charge in [-0.3, -0.25) is 4.79 Å². The summed E-state index contributed by atoms with van der Waals surface area (Å²) in [5, 5.41) is 2.91. The molecule has 2 aromatic rings. The van der Waals surface area contributed by atoms with E-state index >= 15 is 0 Å². The molecule has 1 N–H and O–H groups in total. The zero-order valence-corrected chi connectivity index (χ0v) is 11.5. The second kappa shape index (κ2) is 5.91. The minimum atomic E-state index is -0.0278. The fourth-order valence-electron chi connectivity index (χ4n) is 1.74. The van der Waals surface area contributed by atoms with Crippen LogP contribution in [0.15, 0.2) is 24.5 Å². The van der Waals surface area contributed by atoms with Gasteiger partial charge >= 0.3 is 0 Å². The number of fused-ring (bicyclic) bond motifs is 1. The molecule has 5 heteroatoms. The molecule has 0 bridgehead atoms. The highest BCUT2D eigenvalue weighted by molar-refractivity contribution is 7.99. The van der Waals surface area contributed by atoms with Crippen molar-refractivity contribution in [2.24, 2.45) is 0 Å². The molecule has 0 saturated heterocycles. The molecule has 0 unspecified atom stereocenters. The number of aromatic nitrogens is 2. The molecule has 2 heterocycles. The van der Waals surface area contributed by atoms with E-state index in [9.17, 15) is 4.79 Å². The highest BCUT2D eigenvalue weighted by atomic mass is 32.2. The Morgan fingerprint density at radius 2 is 2.28 bits per heavy atom. The molecule has 0 aliphatic carbocycles. The summed E-state index contributed by atoms with van der Waals surface area (Å²) in [6.07, 6.45) is 3.73. The minimum absolute atomic E-state index is 0.0278.